The van der Waals surface area contributed by atoms with Crippen molar-refractivity contribution < 1.29 is 4.42 Å². The first-order valence-corrected chi connectivity index (χ1v) is 10.0. The molecule has 0 amide bonds. The minimum absolute atomic E-state index is 0.756. The SMILES string of the molecule is c1ccc(Cc2ncc(-c3cc4ccccc4cn3)c3oc4ccccc4c23)cc1. The van der Waals surface area contributed by atoms with E-state index in [0.717, 1.165) is 56.1 Å². The molecule has 3 nitrogen and oxygen atoms in total. The molecule has 3 aromatic carbocycles. The maximum Gasteiger partial charge on any atom is 0.148 e. The molecule has 3 heteroatoms. The van der Waals surface area contributed by atoms with Crippen LogP contribution in [-0.4, -0.2) is 9.97 Å². The summed E-state index contributed by atoms with van der Waals surface area (Å²) in [4.78, 5) is 9.59. The van der Waals surface area contributed by atoms with Gasteiger partial charge < -0.3 is 4.42 Å². The Balaban J connectivity index is 1.61. The van der Waals surface area contributed by atoms with Crippen LogP contribution >= 0.6 is 0 Å². The molecule has 0 aliphatic carbocycles. The molecule has 3 heterocycles. The number of nitrogens with zero attached hydrogens (tertiary/aromatic N) is 2. The highest BCUT2D eigenvalue weighted by Gasteiger charge is 2.18. The Morgan fingerprint density at radius 2 is 1.47 bits per heavy atom. The number of benzene rings is 3. The predicted octanol–water partition coefficient (Wildman–Crippen LogP) is 6.79. The van der Waals surface area contributed by atoms with Crippen LogP contribution in [0, 0.1) is 0 Å². The zero-order chi connectivity index (χ0) is 19.9. The van der Waals surface area contributed by atoms with Crippen molar-refractivity contribution in [2.75, 3.05) is 0 Å². The highest BCUT2D eigenvalue weighted by molar-refractivity contribution is 6.10. The third-order valence-corrected chi connectivity index (χ3v) is 5.60. The van der Waals surface area contributed by atoms with Gasteiger partial charge in [-0.3, -0.25) is 9.97 Å². The van der Waals surface area contributed by atoms with E-state index in [1.807, 2.05) is 48.8 Å². The van der Waals surface area contributed by atoms with E-state index in [1.54, 1.807) is 0 Å². The largest absolute Gasteiger partial charge is 0.455 e. The fourth-order valence-corrected chi connectivity index (χ4v) is 4.12. The van der Waals surface area contributed by atoms with Crippen molar-refractivity contribution >= 4 is 32.7 Å². The Kier molecular flexibility index (Phi) is 3.85. The van der Waals surface area contributed by atoms with E-state index in [2.05, 4.69) is 48.5 Å². The molecule has 0 saturated heterocycles. The lowest BCUT2D eigenvalue weighted by atomic mass is 10.0. The quantitative estimate of drug-likeness (QED) is 0.336. The average molecular weight is 386 g/mol. The van der Waals surface area contributed by atoms with Crippen molar-refractivity contribution in [2.45, 2.75) is 6.42 Å². The van der Waals surface area contributed by atoms with Gasteiger partial charge in [-0.2, -0.15) is 0 Å². The van der Waals surface area contributed by atoms with Gasteiger partial charge in [0.15, 0.2) is 0 Å². The van der Waals surface area contributed by atoms with Crippen LogP contribution in [0.1, 0.15) is 11.3 Å². The molecule has 0 N–H and O–H groups in total. The third-order valence-electron chi connectivity index (χ3n) is 5.60. The van der Waals surface area contributed by atoms with E-state index in [1.165, 1.54) is 5.56 Å². The van der Waals surface area contributed by atoms with Gasteiger partial charge in [0.25, 0.3) is 0 Å². The van der Waals surface area contributed by atoms with Crippen LogP contribution in [0.2, 0.25) is 0 Å². The van der Waals surface area contributed by atoms with E-state index < -0.39 is 0 Å². The summed E-state index contributed by atoms with van der Waals surface area (Å²) in [6.07, 6.45) is 4.57. The molecule has 0 saturated carbocycles. The van der Waals surface area contributed by atoms with Crippen molar-refractivity contribution in [1.82, 2.24) is 9.97 Å². The number of aromatic nitrogens is 2. The first-order valence-electron chi connectivity index (χ1n) is 10.0. The second kappa shape index (κ2) is 6.82. The highest BCUT2D eigenvalue weighted by Crippen LogP contribution is 2.37. The molecule has 0 atom stereocenters. The molecule has 0 radical (unpaired) electrons. The van der Waals surface area contributed by atoms with Gasteiger partial charge in [0, 0.05) is 29.6 Å². The van der Waals surface area contributed by atoms with E-state index in [4.69, 9.17) is 14.4 Å². The maximum absolute atomic E-state index is 6.35. The number of hydrogen-bond acceptors (Lipinski definition) is 3. The van der Waals surface area contributed by atoms with Crippen LogP contribution in [-0.2, 0) is 6.42 Å². The van der Waals surface area contributed by atoms with Crippen molar-refractivity contribution in [1.29, 1.82) is 0 Å². The average Bonchev–Trinajstić information content (AvgIpc) is 3.20. The summed E-state index contributed by atoms with van der Waals surface area (Å²) in [5, 5.41) is 4.44. The van der Waals surface area contributed by atoms with Crippen molar-refractivity contribution in [2.24, 2.45) is 0 Å². The van der Waals surface area contributed by atoms with Crippen molar-refractivity contribution in [3.8, 4) is 11.3 Å². The molecule has 142 valence electrons. The first-order chi connectivity index (χ1) is 14.9. The van der Waals surface area contributed by atoms with Gasteiger partial charge in [0.1, 0.15) is 11.2 Å². The molecule has 3 aromatic heterocycles. The predicted molar refractivity (Wildman–Crippen MR) is 122 cm³/mol. The Hall–Kier alpha value is -3.98. The first kappa shape index (κ1) is 16.9. The van der Waals surface area contributed by atoms with Gasteiger partial charge in [-0.25, -0.2) is 0 Å². The van der Waals surface area contributed by atoms with Crippen LogP contribution in [0.15, 0.2) is 102 Å². The molecular formula is C27H18N2O. The molecule has 6 aromatic rings. The Bertz CT molecular complexity index is 1520. The van der Waals surface area contributed by atoms with E-state index >= 15 is 0 Å². The number of furan rings is 1. The second-order valence-corrected chi connectivity index (χ2v) is 7.50. The fourth-order valence-electron chi connectivity index (χ4n) is 4.12. The maximum atomic E-state index is 6.35. The molecule has 0 aliphatic rings. The lowest BCUT2D eigenvalue weighted by Gasteiger charge is -2.08. The third kappa shape index (κ3) is 2.75. The molecule has 0 spiro atoms. The van der Waals surface area contributed by atoms with Crippen molar-refractivity contribution in [3.05, 3.63) is 109 Å². The highest BCUT2D eigenvalue weighted by atomic mass is 16.3. The van der Waals surface area contributed by atoms with Gasteiger partial charge >= 0.3 is 0 Å². The summed E-state index contributed by atoms with van der Waals surface area (Å²) in [6.45, 7) is 0. The summed E-state index contributed by atoms with van der Waals surface area (Å²) in [7, 11) is 0. The fraction of sp³-hybridized carbons (Fsp3) is 0.0370. The van der Waals surface area contributed by atoms with Crippen LogP contribution < -0.4 is 0 Å². The smallest absolute Gasteiger partial charge is 0.148 e. The summed E-state index contributed by atoms with van der Waals surface area (Å²) in [5.41, 5.74) is 5.76. The lowest BCUT2D eigenvalue weighted by molar-refractivity contribution is 0.669. The van der Waals surface area contributed by atoms with E-state index in [9.17, 15) is 0 Å². The normalized spacial score (nSPS) is 11.5. The second-order valence-electron chi connectivity index (χ2n) is 7.50. The molecule has 0 fully saturated rings. The van der Waals surface area contributed by atoms with Crippen LogP contribution in [0.3, 0.4) is 0 Å². The van der Waals surface area contributed by atoms with Crippen LogP contribution in [0.25, 0.3) is 44.0 Å². The number of para-hydroxylation sites is 1. The Morgan fingerprint density at radius 3 is 2.37 bits per heavy atom. The van der Waals surface area contributed by atoms with Crippen LogP contribution in [0.4, 0.5) is 0 Å². The summed E-state index contributed by atoms with van der Waals surface area (Å²) in [5.74, 6) is 0. The Labute approximate surface area is 173 Å². The van der Waals surface area contributed by atoms with Crippen molar-refractivity contribution in [3.63, 3.8) is 0 Å². The van der Waals surface area contributed by atoms with Gasteiger partial charge in [0.05, 0.1) is 22.3 Å². The molecule has 0 aliphatic heterocycles. The van der Waals surface area contributed by atoms with Gasteiger partial charge in [-0.1, -0.05) is 72.8 Å². The number of rotatable bonds is 3. The van der Waals surface area contributed by atoms with E-state index in [-0.39, 0.29) is 0 Å². The monoisotopic (exact) mass is 386 g/mol. The minimum atomic E-state index is 0.756. The zero-order valence-electron chi connectivity index (χ0n) is 16.2. The number of pyridine rings is 2. The lowest BCUT2D eigenvalue weighted by Crippen LogP contribution is -1.95. The topological polar surface area (TPSA) is 38.9 Å². The van der Waals surface area contributed by atoms with E-state index in [0.29, 0.717) is 0 Å². The standard InChI is InChI=1S/C27H18N2O/c1-2-8-18(9-3-1)14-24-26-21-12-6-7-13-25(21)30-27(26)22(17-29-24)23-15-19-10-4-5-11-20(19)16-28-23/h1-13,15-17H,14H2. The summed E-state index contributed by atoms with van der Waals surface area (Å²) >= 11 is 0. The zero-order valence-corrected chi connectivity index (χ0v) is 16.2. The molecular weight excluding hydrogens is 368 g/mol. The minimum Gasteiger partial charge on any atom is -0.455 e. The summed E-state index contributed by atoms with van der Waals surface area (Å²) < 4.78 is 6.35. The molecule has 0 bridgehead atoms. The van der Waals surface area contributed by atoms with Gasteiger partial charge in [0.2, 0.25) is 0 Å². The van der Waals surface area contributed by atoms with Gasteiger partial charge in [-0.05, 0) is 23.1 Å². The van der Waals surface area contributed by atoms with Crippen LogP contribution in [0.5, 0.6) is 0 Å². The van der Waals surface area contributed by atoms with Gasteiger partial charge in [-0.15, -0.1) is 0 Å². The number of hydrogen-bond donors (Lipinski definition) is 0. The Morgan fingerprint density at radius 1 is 0.700 bits per heavy atom. The molecule has 30 heavy (non-hydrogen) atoms. The molecule has 0 unspecified atom stereocenters. The molecule has 6 rings (SSSR count). The number of fused-ring (bicyclic) bond motifs is 4. The summed E-state index contributed by atoms with van der Waals surface area (Å²) in [6, 6.07) is 29.0.